The molecule has 2 aromatic carbocycles. The zero-order valence-electron chi connectivity index (χ0n) is 19.2. The molecule has 0 fully saturated rings. The first kappa shape index (κ1) is 25.9. The number of ketones is 1. The van der Waals surface area contributed by atoms with Crippen LogP contribution >= 0.6 is 39.1 Å². The Morgan fingerprint density at radius 3 is 2.42 bits per heavy atom. The molecule has 2 aromatic heterocycles. The van der Waals surface area contributed by atoms with Crippen LogP contribution in [0, 0.1) is 0 Å². The van der Waals surface area contributed by atoms with Gasteiger partial charge in [-0.3, -0.25) is 14.4 Å². The lowest BCUT2D eigenvalue weighted by Crippen LogP contribution is -2.20. The molecule has 1 amide bonds. The molecule has 0 radical (unpaired) electrons. The Kier molecular flexibility index (Phi) is 7.78. The molecular formula is C26H19BrCl2N2O5. The van der Waals surface area contributed by atoms with Crippen LogP contribution in [0.5, 0.6) is 0 Å². The minimum Gasteiger partial charge on any atom is -0.456 e. The first-order valence-electron chi connectivity index (χ1n) is 10.8. The van der Waals surface area contributed by atoms with Crippen LogP contribution in [0.2, 0.25) is 10.0 Å². The Morgan fingerprint density at radius 2 is 1.78 bits per heavy atom. The number of anilines is 1. The summed E-state index contributed by atoms with van der Waals surface area (Å²) in [7, 11) is 0. The number of nitrogens with one attached hydrogen (secondary N) is 1. The van der Waals surface area contributed by atoms with E-state index in [2.05, 4.69) is 21.2 Å². The van der Waals surface area contributed by atoms with Gasteiger partial charge in [-0.25, -0.2) is 4.98 Å². The zero-order valence-corrected chi connectivity index (χ0v) is 22.3. The normalized spacial score (nSPS) is 10.9. The van der Waals surface area contributed by atoms with Gasteiger partial charge in [0, 0.05) is 34.0 Å². The monoisotopic (exact) mass is 588 g/mol. The lowest BCUT2D eigenvalue weighted by molar-refractivity contribution is -0.144. The fourth-order valence-electron chi connectivity index (χ4n) is 3.58. The number of halogens is 3. The van der Waals surface area contributed by atoms with E-state index in [9.17, 15) is 14.4 Å². The van der Waals surface area contributed by atoms with E-state index in [0.29, 0.717) is 32.3 Å². The van der Waals surface area contributed by atoms with Crippen molar-refractivity contribution in [1.29, 1.82) is 0 Å². The maximum Gasteiger partial charge on any atom is 0.303 e. The second-order valence-electron chi connectivity index (χ2n) is 7.78. The van der Waals surface area contributed by atoms with Crippen LogP contribution in [0.25, 0.3) is 33.5 Å². The topological polar surface area (TPSA) is 98.5 Å². The van der Waals surface area contributed by atoms with Crippen LogP contribution in [0.4, 0.5) is 5.69 Å². The van der Waals surface area contributed by atoms with Crippen molar-refractivity contribution in [3.63, 3.8) is 0 Å². The van der Waals surface area contributed by atoms with E-state index in [1.165, 1.54) is 6.92 Å². The van der Waals surface area contributed by atoms with E-state index in [4.69, 9.17) is 37.3 Å². The molecule has 4 rings (SSSR count). The number of pyridine rings is 1. The minimum absolute atomic E-state index is 0.0442. The summed E-state index contributed by atoms with van der Waals surface area (Å²) in [6.45, 7) is 2.37. The van der Waals surface area contributed by atoms with Gasteiger partial charge >= 0.3 is 5.97 Å². The fraction of sp³-hybridized carbons (Fsp3) is 0.154. The van der Waals surface area contributed by atoms with E-state index in [-0.39, 0.29) is 29.4 Å². The van der Waals surface area contributed by atoms with Gasteiger partial charge in [-0.1, -0.05) is 64.3 Å². The van der Waals surface area contributed by atoms with E-state index in [1.54, 1.807) is 31.2 Å². The average molecular weight is 590 g/mol. The number of esters is 1. The van der Waals surface area contributed by atoms with Gasteiger partial charge in [-0.05, 0) is 35.9 Å². The highest BCUT2D eigenvalue weighted by atomic mass is 79.9. The molecule has 4 aromatic rings. The third kappa shape index (κ3) is 5.46. The van der Waals surface area contributed by atoms with Crippen LogP contribution in [0.15, 0.2) is 57.4 Å². The molecule has 7 nitrogen and oxygen atoms in total. The van der Waals surface area contributed by atoms with Crippen molar-refractivity contribution in [1.82, 2.24) is 4.98 Å². The number of hydrogen-bond donors (Lipinski definition) is 1. The second kappa shape index (κ2) is 10.8. The molecule has 0 saturated heterocycles. The highest BCUT2D eigenvalue weighted by molar-refractivity contribution is 9.10. The van der Waals surface area contributed by atoms with E-state index in [0.717, 1.165) is 10.0 Å². The van der Waals surface area contributed by atoms with E-state index in [1.807, 2.05) is 24.3 Å². The Bertz CT molecular complexity index is 1500. The molecule has 0 atom stereocenters. The summed E-state index contributed by atoms with van der Waals surface area (Å²) >= 11 is 16.1. The molecule has 0 bridgehead atoms. The van der Waals surface area contributed by atoms with Gasteiger partial charge < -0.3 is 14.5 Å². The first-order valence-corrected chi connectivity index (χ1v) is 12.4. The number of Topliss-reactive ketones (excluding diaryl/α,β-unsaturated/α-hetero) is 1. The second-order valence-corrected chi connectivity index (χ2v) is 9.54. The van der Waals surface area contributed by atoms with Gasteiger partial charge in [0.1, 0.15) is 5.69 Å². The van der Waals surface area contributed by atoms with Gasteiger partial charge in [0.25, 0.3) is 5.91 Å². The number of carbonyl (C=O) groups excluding carboxylic acids is 3. The molecular weight excluding hydrogens is 571 g/mol. The summed E-state index contributed by atoms with van der Waals surface area (Å²) in [6.07, 6.45) is 0.141. The number of aromatic nitrogens is 1. The van der Waals surface area contributed by atoms with Crippen LogP contribution in [0.3, 0.4) is 0 Å². The standard InChI is InChI=1S/C26H19BrCl2N2O5/c1-3-21(33)25-24(30-22(34)12-35-13(2)32)19-11-18(14-4-7-16(28)8-5-14)23(31-26(19)36-25)17-9-6-15(27)10-20(17)29/h4-11H,3,12H2,1-2H3,(H,30,34). The van der Waals surface area contributed by atoms with Gasteiger partial charge in [-0.2, -0.15) is 0 Å². The molecule has 0 unspecified atom stereocenters. The predicted octanol–water partition coefficient (Wildman–Crippen LogP) is 7.33. The number of rotatable bonds is 7. The molecule has 0 aliphatic heterocycles. The smallest absolute Gasteiger partial charge is 0.303 e. The maximum atomic E-state index is 12.7. The van der Waals surface area contributed by atoms with Crippen molar-refractivity contribution >= 4 is 73.6 Å². The fourth-order valence-corrected chi connectivity index (χ4v) is 4.47. The van der Waals surface area contributed by atoms with E-state index < -0.39 is 18.5 Å². The van der Waals surface area contributed by atoms with E-state index >= 15 is 0 Å². The predicted molar refractivity (Wildman–Crippen MR) is 142 cm³/mol. The maximum absolute atomic E-state index is 12.7. The van der Waals surface area contributed by atoms with Gasteiger partial charge in [0.2, 0.25) is 5.71 Å². The molecule has 0 aliphatic rings. The highest BCUT2D eigenvalue weighted by Gasteiger charge is 2.25. The lowest BCUT2D eigenvalue weighted by atomic mass is 9.98. The molecule has 0 spiro atoms. The summed E-state index contributed by atoms with van der Waals surface area (Å²) in [5.74, 6) is -1.59. The van der Waals surface area contributed by atoms with Crippen molar-refractivity contribution in [3.8, 4) is 22.4 Å². The van der Waals surface area contributed by atoms with Crippen LogP contribution in [-0.2, 0) is 14.3 Å². The van der Waals surface area contributed by atoms with Crippen molar-refractivity contribution in [2.24, 2.45) is 0 Å². The number of carbonyl (C=O) groups is 3. The van der Waals surface area contributed by atoms with Crippen LogP contribution in [0.1, 0.15) is 30.8 Å². The highest BCUT2D eigenvalue weighted by Crippen LogP contribution is 2.41. The largest absolute Gasteiger partial charge is 0.456 e. The van der Waals surface area contributed by atoms with Crippen molar-refractivity contribution in [2.75, 3.05) is 11.9 Å². The first-order chi connectivity index (χ1) is 17.2. The van der Waals surface area contributed by atoms with Crippen molar-refractivity contribution < 1.29 is 23.5 Å². The van der Waals surface area contributed by atoms with Crippen molar-refractivity contribution in [2.45, 2.75) is 20.3 Å². The average Bonchev–Trinajstić information content (AvgIpc) is 3.19. The third-order valence-electron chi connectivity index (χ3n) is 5.27. The number of fused-ring (bicyclic) bond motifs is 1. The van der Waals surface area contributed by atoms with Crippen LogP contribution < -0.4 is 5.32 Å². The molecule has 2 heterocycles. The van der Waals surface area contributed by atoms with Crippen molar-refractivity contribution in [3.05, 3.63) is 68.8 Å². The van der Waals surface area contributed by atoms with Crippen LogP contribution in [-0.4, -0.2) is 29.3 Å². The quantitative estimate of drug-likeness (QED) is 0.179. The summed E-state index contributed by atoms with van der Waals surface area (Å²) in [5.41, 5.74) is 2.92. The molecule has 0 saturated carbocycles. The number of furan rings is 1. The summed E-state index contributed by atoms with van der Waals surface area (Å²) in [6, 6.07) is 14.3. The SMILES string of the molecule is CCC(=O)c1oc2nc(-c3ccc(Br)cc3Cl)c(-c3ccc(Cl)cc3)cc2c1NC(=O)COC(C)=O. The Balaban J connectivity index is 1.96. The number of ether oxygens (including phenoxy) is 1. The summed E-state index contributed by atoms with van der Waals surface area (Å²) in [4.78, 5) is 41.0. The zero-order chi connectivity index (χ0) is 26.0. The summed E-state index contributed by atoms with van der Waals surface area (Å²) in [5, 5.41) is 4.07. The number of hydrogen-bond acceptors (Lipinski definition) is 6. The molecule has 1 N–H and O–H groups in total. The molecule has 36 heavy (non-hydrogen) atoms. The Labute approximate surface area is 224 Å². The molecule has 0 aliphatic carbocycles. The number of amides is 1. The number of nitrogens with zero attached hydrogens (tertiary/aromatic N) is 1. The minimum atomic E-state index is -0.619. The van der Waals surface area contributed by atoms with Gasteiger partial charge in [0.15, 0.2) is 18.2 Å². The van der Waals surface area contributed by atoms with Gasteiger partial charge in [0.05, 0.1) is 16.1 Å². The Hall–Kier alpha value is -3.20. The van der Waals surface area contributed by atoms with Gasteiger partial charge in [-0.15, -0.1) is 0 Å². The number of benzene rings is 2. The third-order valence-corrected chi connectivity index (χ3v) is 6.33. The Morgan fingerprint density at radius 1 is 1.06 bits per heavy atom. The molecule has 10 heteroatoms. The lowest BCUT2D eigenvalue weighted by Gasteiger charge is -2.12. The summed E-state index contributed by atoms with van der Waals surface area (Å²) < 4.78 is 11.4. The molecule has 184 valence electrons.